The Morgan fingerprint density at radius 2 is 1.65 bits per heavy atom. The van der Waals surface area contributed by atoms with Gasteiger partial charge in [-0.15, -0.1) is 0 Å². The number of hydrogen-bond acceptors (Lipinski definition) is 4. The van der Waals surface area contributed by atoms with Crippen molar-refractivity contribution in [2.75, 3.05) is 32.1 Å². The van der Waals surface area contributed by atoms with Crippen LogP contribution in [0.2, 0.25) is 0 Å². The lowest BCUT2D eigenvalue weighted by Gasteiger charge is -2.22. The van der Waals surface area contributed by atoms with Gasteiger partial charge in [-0.3, -0.25) is 9.69 Å². The molecule has 0 atom stereocenters. The van der Waals surface area contributed by atoms with E-state index in [4.69, 9.17) is 0 Å². The predicted octanol–water partition coefficient (Wildman–Crippen LogP) is 5.24. The second-order valence-electron chi connectivity index (χ2n) is 7.70. The average molecular weight is 434 g/mol. The maximum Gasteiger partial charge on any atom is 0.233 e. The number of likely N-dealkylation sites (N-methyl/N-ethyl adjacent to an activating group) is 1. The van der Waals surface area contributed by atoms with Gasteiger partial charge in [0.2, 0.25) is 5.91 Å². The number of amides is 1. The van der Waals surface area contributed by atoms with Crippen LogP contribution in [0.5, 0.6) is 0 Å². The van der Waals surface area contributed by atoms with Crippen LogP contribution >= 0.6 is 11.3 Å². The van der Waals surface area contributed by atoms with Crippen LogP contribution in [-0.4, -0.2) is 43.0 Å². The van der Waals surface area contributed by atoms with E-state index in [2.05, 4.69) is 17.1 Å². The lowest BCUT2D eigenvalue weighted by atomic mass is 10.0. The number of thiazole rings is 1. The Balaban J connectivity index is 1.55. The second-order valence-corrected chi connectivity index (χ2v) is 8.71. The predicted molar refractivity (Wildman–Crippen MR) is 126 cm³/mol. The molecule has 0 bridgehead atoms. The van der Waals surface area contributed by atoms with Crippen LogP contribution in [-0.2, 0) is 11.2 Å². The van der Waals surface area contributed by atoms with Gasteiger partial charge in [0.1, 0.15) is 5.82 Å². The number of aromatic nitrogens is 1. The molecule has 0 radical (unpaired) electrons. The molecule has 3 aromatic carbocycles. The molecule has 0 spiro atoms. The average Bonchev–Trinajstić information content (AvgIpc) is 3.17. The molecule has 1 aromatic heterocycles. The van der Waals surface area contributed by atoms with Crippen molar-refractivity contribution in [2.45, 2.75) is 6.42 Å². The van der Waals surface area contributed by atoms with Crippen LogP contribution in [0.25, 0.3) is 21.3 Å². The summed E-state index contributed by atoms with van der Waals surface area (Å²) in [6.45, 7) is 1.24. The molecule has 0 N–H and O–H groups in total. The van der Waals surface area contributed by atoms with Crippen LogP contribution in [0.4, 0.5) is 9.52 Å². The fourth-order valence-electron chi connectivity index (χ4n) is 3.34. The van der Waals surface area contributed by atoms with Gasteiger partial charge in [-0.25, -0.2) is 9.37 Å². The standard InChI is InChI=1S/C25H24FN3OS/c1-28(2)14-15-29(25-27-22-13-12-21(26)17-23(22)31-25)24(30)16-18-8-10-20(11-9-18)19-6-4-3-5-7-19/h3-13,17H,14-16H2,1-2H3. The third-order valence-electron chi connectivity index (χ3n) is 5.06. The molecule has 4 rings (SSSR count). The third kappa shape index (κ3) is 5.16. The van der Waals surface area contributed by atoms with Gasteiger partial charge >= 0.3 is 0 Å². The quantitative estimate of drug-likeness (QED) is 0.400. The molecular formula is C25H24FN3OS. The Hall–Kier alpha value is -3.09. The number of nitrogens with zero attached hydrogens (tertiary/aromatic N) is 3. The maximum atomic E-state index is 13.6. The Morgan fingerprint density at radius 3 is 2.35 bits per heavy atom. The number of halogens is 1. The highest BCUT2D eigenvalue weighted by Crippen LogP contribution is 2.30. The zero-order chi connectivity index (χ0) is 21.8. The summed E-state index contributed by atoms with van der Waals surface area (Å²) < 4.78 is 14.3. The highest BCUT2D eigenvalue weighted by Gasteiger charge is 2.20. The minimum absolute atomic E-state index is 0.0196. The van der Waals surface area contributed by atoms with Crippen molar-refractivity contribution in [2.24, 2.45) is 0 Å². The molecule has 0 unspecified atom stereocenters. The summed E-state index contributed by atoms with van der Waals surface area (Å²) in [5.74, 6) is -0.318. The summed E-state index contributed by atoms with van der Waals surface area (Å²) in [7, 11) is 3.94. The number of fused-ring (bicyclic) bond motifs is 1. The Labute approximate surface area is 185 Å². The van der Waals surface area contributed by atoms with E-state index in [0.29, 0.717) is 23.7 Å². The van der Waals surface area contributed by atoms with Crippen molar-refractivity contribution in [1.82, 2.24) is 9.88 Å². The van der Waals surface area contributed by atoms with E-state index in [0.717, 1.165) is 21.4 Å². The van der Waals surface area contributed by atoms with E-state index in [1.807, 2.05) is 61.5 Å². The summed E-state index contributed by atoms with van der Waals surface area (Å²) in [6.07, 6.45) is 0.285. The summed E-state index contributed by atoms with van der Waals surface area (Å²) in [4.78, 5) is 21.6. The molecule has 1 heterocycles. The van der Waals surface area contributed by atoms with E-state index in [-0.39, 0.29) is 18.1 Å². The molecule has 0 aliphatic heterocycles. The summed E-state index contributed by atoms with van der Waals surface area (Å²) in [5, 5.41) is 0.605. The summed E-state index contributed by atoms with van der Waals surface area (Å²) in [6, 6.07) is 22.8. The van der Waals surface area contributed by atoms with E-state index >= 15 is 0 Å². The molecule has 158 valence electrons. The van der Waals surface area contributed by atoms with Gasteiger partial charge in [0.25, 0.3) is 0 Å². The van der Waals surface area contributed by atoms with Crippen molar-refractivity contribution in [3.63, 3.8) is 0 Å². The number of hydrogen-bond donors (Lipinski definition) is 0. The molecule has 0 aliphatic carbocycles. The molecule has 4 aromatic rings. The molecule has 4 nitrogen and oxygen atoms in total. The van der Waals surface area contributed by atoms with Crippen molar-refractivity contribution >= 4 is 32.6 Å². The second kappa shape index (κ2) is 9.37. The molecule has 0 saturated heterocycles. The van der Waals surface area contributed by atoms with Crippen molar-refractivity contribution in [1.29, 1.82) is 0 Å². The van der Waals surface area contributed by atoms with Gasteiger partial charge in [0, 0.05) is 13.1 Å². The number of carbonyl (C=O) groups excluding carboxylic acids is 1. The molecular weight excluding hydrogens is 409 g/mol. The fraction of sp³-hybridized carbons (Fsp3) is 0.200. The van der Waals surface area contributed by atoms with Gasteiger partial charge in [0.05, 0.1) is 16.6 Å². The lowest BCUT2D eigenvalue weighted by molar-refractivity contribution is -0.118. The van der Waals surface area contributed by atoms with E-state index < -0.39 is 0 Å². The minimum Gasteiger partial charge on any atom is -0.308 e. The van der Waals surface area contributed by atoms with Gasteiger partial charge < -0.3 is 4.90 Å². The first-order valence-corrected chi connectivity index (χ1v) is 11.0. The van der Waals surface area contributed by atoms with E-state index in [1.165, 1.54) is 23.5 Å². The van der Waals surface area contributed by atoms with Crippen molar-refractivity contribution < 1.29 is 9.18 Å². The zero-order valence-electron chi connectivity index (χ0n) is 17.6. The van der Waals surface area contributed by atoms with E-state index in [1.54, 1.807) is 11.0 Å². The highest BCUT2D eigenvalue weighted by molar-refractivity contribution is 7.22. The van der Waals surface area contributed by atoms with Gasteiger partial charge in [-0.05, 0) is 49.0 Å². The topological polar surface area (TPSA) is 36.4 Å². The number of carbonyl (C=O) groups is 1. The van der Waals surface area contributed by atoms with Crippen LogP contribution in [0.15, 0.2) is 72.8 Å². The lowest BCUT2D eigenvalue weighted by Crippen LogP contribution is -2.37. The van der Waals surface area contributed by atoms with Crippen LogP contribution in [0.1, 0.15) is 5.56 Å². The molecule has 31 heavy (non-hydrogen) atoms. The maximum absolute atomic E-state index is 13.6. The highest BCUT2D eigenvalue weighted by atomic mass is 32.1. The van der Waals surface area contributed by atoms with Crippen LogP contribution in [0, 0.1) is 5.82 Å². The first-order valence-electron chi connectivity index (χ1n) is 10.1. The summed E-state index contributed by atoms with van der Waals surface area (Å²) >= 11 is 1.35. The first-order chi connectivity index (χ1) is 15.0. The number of rotatable bonds is 7. The normalized spacial score (nSPS) is 11.2. The van der Waals surface area contributed by atoms with Crippen molar-refractivity contribution in [3.8, 4) is 11.1 Å². The van der Waals surface area contributed by atoms with Gasteiger partial charge in [-0.1, -0.05) is 65.9 Å². The van der Waals surface area contributed by atoms with Crippen LogP contribution in [0.3, 0.4) is 0 Å². The number of anilines is 1. The molecule has 1 amide bonds. The Bertz CT molecular complexity index is 1170. The largest absolute Gasteiger partial charge is 0.308 e. The smallest absolute Gasteiger partial charge is 0.233 e. The minimum atomic E-state index is -0.299. The third-order valence-corrected chi connectivity index (χ3v) is 6.10. The SMILES string of the molecule is CN(C)CCN(C(=O)Cc1ccc(-c2ccccc2)cc1)c1nc2ccc(F)cc2s1. The molecule has 0 fully saturated rings. The van der Waals surface area contributed by atoms with Gasteiger partial charge in [-0.2, -0.15) is 0 Å². The van der Waals surface area contributed by atoms with Crippen molar-refractivity contribution in [3.05, 3.63) is 84.2 Å². The van der Waals surface area contributed by atoms with Gasteiger partial charge in [0.15, 0.2) is 5.13 Å². The molecule has 6 heteroatoms. The molecule has 0 saturated carbocycles. The monoisotopic (exact) mass is 433 g/mol. The van der Waals surface area contributed by atoms with E-state index in [9.17, 15) is 9.18 Å². The summed E-state index contributed by atoms with van der Waals surface area (Å²) in [5.41, 5.74) is 3.92. The Kier molecular flexibility index (Phi) is 6.39. The fourth-order valence-corrected chi connectivity index (χ4v) is 4.38. The number of benzene rings is 3. The Morgan fingerprint density at radius 1 is 0.935 bits per heavy atom. The first kappa shape index (κ1) is 21.2. The zero-order valence-corrected chi connectivity index (χ0v) is 18.4. The van der Waals surface area contributed by atoms with Crippen LogP contribution < -0.4 is 4.90 Å². The molecule has 0 aliphatic rings.